The standard InChI is InChI=1S/C29H32FN3O3S/c30-23-8-4-7-22-25-15-31-17-33(25)24(27(22)23)11-26(34)29-12-19-9-20(13-29)28(21(10-19)14-29)32-37(35,36)16-18-5-2-1-3-6-18/h1-8,15,17,19-21,24,26,28,32,34H,9-14,16H2/t19?,20?,21?,24?,26-,28?,29?/m0/s1. The molecule has 8 heteroatoms. The summed E-state index contributed by atoms with van der Waals surface area (Å²) in [6.45, 7) is 0. The summed E-state index contributed by atoms with van der Waals surface area (Å²) in [7, 11) is -3.47. The quantitative estimate of drug-likeness (QED) is 0.474. The number of aromatic nitrogens is 2. The van der Waals surface area contributed by atoms with E-state index in [0.29, 0.717) is 17.9 Å². The summed E-state index contributed by atoms with van der Waals surface area (Å²) in [5, 5.41) is 11.8. The van der Waals surface area contributed by atoms with Gasteiger partial charge in [0.15, 0.2) is 0 Å². The fraction of sp³-hybridized carbons (Fsp3) is 0.483. The van der Waals surface area contributed by atoms with E-state index in [4.69, 9.17) is 0 Å². The van der Waals surface area contributed by atoms with Gasteiger partial charge in [0.1, 0.15) is 5.82 Å². The van der Waals surface area contributed by atoms with Crippen LogP contribution in [0.5, 0.6) is 0 Å². The van der Waals surface area contributed by atoms with E-state index in [2.05, 4.69) is 9.71 Å². The zero-order valence-corrected chi connectivity index (χ0v) is 21.4. The molecule has 8 rings (SSSR count). The van der Waals surface area contributed by atoms with Crippen LogP contribution in [0, 0.1) is 29.0 Å². The molecule has 1 aromatic heterocycles. The molecule has 4 atom stereocenters. The predicted molar refractivity (Wildman–Crippen MR) is 138 cm³/mol. The highest BCUT2D eigenvalue weighted by Crippen LogP contribution is 2.62. The Hall–Kier alpha value is -2.55. The van der Waals surface area contributed by atoms with Crippen LogP contribution >= 0.6 is 0 Å². The number of aliphatic hydroxyl groups is 1. The van der Waals surface area contributed by atoms with Gasteiger partial charge in [0, 0.05) is 17.2 Å². The summed E-state index contributed by atoms with van der Waals surface area (Å²) in [5.41, 5.74) is 2.94. The van der Waals surface area contributed by atoms with Gasteiger partial charge in [0.05, 0.1) is 36.1 Å². The minimum atomic E-state index is -3.47. The van der Waals surface area contributed by atoms with Crippen LogP contribution < -0.4 is 4.72 Å². The molecular weight excluding hydrogens is 489 g/mol. The van der Waals surface area contributed by atoms with Crippen molar-refractivity contribution in [2.45, 2.75) is 62.5 Å². The average molecular weight is 522 g/mol. The van der Waals surface area contributed by atoms with Crippen molar-refractivity contribution in [1.29, 1.82) is 0 Å². The third-order valence-corrected chi connectivity index (χ3v) is 11.0. The maximum Gasteiger partial charge on any atom is 0.216 e. The highest BCUT2D eigenvalue weighted by molar-refractivity contribution is 7.88. The molecule has 37 heavy (non-hydrogen) atoms. The summed E-state index contributed by atoms with van der Waals surface area (Å²) < 4.78 is 46.2. The minimum Gasteiger partial charge on any atom is -0.392 e. The average Bonchev–Trinajstić information content (AvgIpc) is 3.44. The SMILES string of the molecule is O=S(=O)(Cc1ccccc1)NC1C2CC3CC1CC([C@@H](O)CC1c4c(F)cccc4-c4cncn41)(C3)C2. The topological polar surface area (TPSA) is 84.2 Å². The van der Waals surface area contributed by atoms with E-state index in [-0.39, 0.29) is 40.9 Å². The lowest BCUT2D eigenvalue weighted by Gasteiger charge is -2.61. The number of imidazole rings is 1. The zero-order chi connectivity index (χ0) is 25.4. The number of sulfonamides is 1. The number of aliphatic hydroxyl groups excluding tert-OH is 1. The van der Waals surface area contributed by atoms with Crippen LogP contribution in [-0.4, -0.2) is 35.2 Å². The maximum absolute atomic E-state index is 15.0. The monoisotopic (exact) mass is 521 g/mol. The van der Waals surface area contributed by atoms with Gasteiger partial charge in [-0.25, -0.2) is 22.5 Å². The van der Waals surface area contributed by atoms with Gasteiger partial charge in [0.25, 0.3) is 0 Å². The van der Waals surface area contributed by atoms with Gasteiger partial charge in [-0.1, -0.05) is 42.5 Å². The Morgan fingerprint density at radius 1 is 1.08 bits per heavy atom. The van der Waals surface area contributed by atoms with E-state index >= 15 is 0 Å². The van der Waals surface area contributed by atoms with Crippen LogP contribution in [0.3, 0.4) is 0 Å². The fourth-order valence-corrected chi connectivity index (χ4v) is 9.94. The van der Waals surface area contributed by atoms with Gasteiger partial charge in [-0.05, 0) is 73.3 Å². The maximum atomic E-state index is 15.0. The molecule has 1 aliphatic heterocycles. The van der Waals surface area contributed by atoms with Gasteiger partial charge in [0.2, 0.25) is 10.0 Å². The first kappa shape index (κ1) is 23.6. The lowest BCUT2D eigenvalue weighted by atomic mass is 9.46. The van der Waals surface area contributed by atoms with E-state index < -0.39 is 16.1 Å². The number of nitrogens with zero attached hydrogens (tertiary/aromatic N) is 2. The molecule has 2 aromatic carbocycles. The molecule has 4 saturated carbocycles. The normalized spacial score (nSPS) is 32.3. The molecule has 2 N–H and O–H groups in total. The number of halogens is 1. The molecule has 3 unspecified atom stereocenters. The second-order valence-electron chi connectivity index (χ2n) is 11.9. The number of hydrogen-bond donors (Lipinski definition) is 2. The molecular formula is C29H32FN3O3S. The highest BCUT2D eigenvalue weighted by atomic mass is 32.2. The van der Waals surface area contributed by atoms with E-state index in [1.807, 2.05) is 41.0 Å². The Labute approximate surface area is 217 Å². The molecule has 0 spiro atoms. The lowest BCUT2D eigenvalue weighted by Crippen LogP contribution is -2.61. The zero-order valence-electron chi connectivity index (χ0n) is 20.6. The van der Waals surface area contributed by atoms with Crippen LogP contribution in [0.25, 0.3) is 11.3 Å². The molecule has 0 radical (unpaired) electrons. The van der Waals surface area contributed by atoms with Gasteiger partial charge in [-0.2, -0.15) is 0 Å². The first-order chi connectivity index (χ1) is 17.8. The lowest BCUT2D eigenvalue weighted by molar-refractivity contribution is -0.134. The number of rotatable bonds is 7. The summed E-state index contributed by atoms with van der Waals surface area (Å²) in [6, 6.07) is 14.1. The minimum absolute atomic E-state index is 0.0130. The second kappa shape index (κ2) is 8.48. The molecule has 0 amide bonds. The second-order valence-corrected chi connectivity index (χ2v) is 13.6. The highest BCUT2D eigenvalue weighted by Gasteiger charge is 2.58. The smallest absolute Gasteiger partial charge is 0.216 e. The van der Waals surface area contributed by atoms with Crippen molar-refractivity contribution in [3.8, 4) is 11.3 Å². The number of fused-ring (bicyclic) bond motifs is 3. The van der Waals surface area contributed by atoms with Crippen molar-refractivity contribution >= 4 is 10.0 Å². The first-order valence-electron chi connectivity index (χ1n) is 13.3. The third-order valence-electron chi connectivity index (χ3n) is 9.65. The Kier molecular flexibility index (Phi) is 5.40. The Morgan fingerprint density at radius 3 is 2.59 bits per heavy atom. The summed E-state index contributed by atoms with van der Waals surface area (Å²) in [6.07, 6.45) is 7.97. The molecule has 194 valence electrons. The molecule has 4 fully saturated rings. The third kappa shape index (κ3) is 3.87. The molecule has 2 heterocycles. The van der Waals surface area contributed by atoms with E-state index in [0.717, 1.165) is 48.9 Å². The number of hydrogen-bond acceptors (Lipinski definition) is 4. The molecule has 4 bridgehead atoms. The van der Waals surface area contributed by atoms with Gasteiger partial charge >= 0.3 is 0 Å². The van der Waals surface area contributed by atoms with Crippen molar-refractivity contribution in [2.75, 3.05) is 0 Å². The number of nitrogens with one attached hydrogen (secondary N) is 1. The predicted octanol–water partition coefficient (Wildman–Crippen LogP) is 4.66. The van der Waals surface area contributed by atoms with Gasteiger partial charge in [-0.15, -0.1) is 0 Å². The van der Waals surface area contributed by atoms with Gasteiger partial charge in [-0.3, -0.25) is 0 Å². The largest absolute Gasteiger partial charge is 0.392 e. The van der Waals surface area contributed by atoms with Crippen molar-refractivity contribution in [3.63, 3.8) is 0 Å². The van der Waals surface area contributed by atoms with Crippen LogP contribution in [0.4, 0.5) is 4.39 Å². The first-order valence-corrected chi connectivity index (χ1v) is 15.0. The van der Waals surface area contributed by atoms with E-state index in [9.17, 15) is 17.9 Å². The summed E-state index contributed by atoms with van der Waals surface area (Å²) >= 11 is 0. The van der Waals surface area contributed by atoms with Crippen molar-refractivity contribution < 1.29 is 17.9 Å². The van der Waals surface area contributed by atoms with E-state index in [1.54, 1.807) is 18.6 Å². The molecule has 5 aliphatic rings. The van der Waals surface area contributed by atoms with Crippen molar-refractivity contribution in [2.24, 2.45) is 23.2 Å². The van der Waals surface area contributed by atoms with Crippen LogP contribution in [-0.2, 0) is 15.8 Å². The van der Waals surface area contributed by atoms with Crippen molar-refractivity contribution in [1.82, 2.24) is 14.3 Å². The van der Waals surface area contributed by atoms with Crippen LogP contribution in [0.1, 0.15) is 55.7 Å². The summed E-state index contributed by atoms with van der Waals surface area (Å²) in [5.74, 6) is 0.710. The molecule has 4 aliphatic carbocycles. The van der Waals surface area contributed by atoms with E-state index in [1.165, 1.54) is 6.07 Å². The van der Waals surface area contributed by atoms with Crippen molar-refractivity contribution in [3.05, 3.63) is 78.0 Å². The molecule has 6 nitrogen and oxygen atoms in total. The Bertz CT molecular complexity index is 1420. The Morgan fingerprint density at radius 2 is 1.84 bits per heavy atom. The number of benzene rings is 2. The fourth-order valence-electron chi connectivity index (χ4n) is 8.42. The Balaban J connectivity index is 1.11. The summed E-state index contributed by atoms with van der Waals surface area (Å²) in [4.78, 5) is 4.29. The van der Waals surface area contributed by atoms with Gasteiger partial charge < -0.3 is 9.67 Å². The molecule has 0 saturated heterocycles. The van der Waals surface area contributed by atoms with Crippen LogP contribution in [0.15, 0.2) is 61.1 Å². The van der Waals surface area contributed by atoms with Crippen LogP contribution in [0.2, 0.25) is 0 Å². The molecule has 3 aromatic rings.